The normalized spacial score (nSPS) is 18.4. The molecule has 25 heavy (non-hydrogen) atoms. The number of nitrogens with zero attached hydrogens (tertiary/aromatic N) is 2. The van der Waals surface area contributed by atoms with Gasteiger partial charge in [0, 0.05) is 33.6 Å². The molecule has 0 bridgehead atoms. The first-order valence-electron chi connectivity index (χ1n) is 8.21. The summed E-state index contributed by atoms with van der Waals surface area (Å²) >= 11 is 0. The Balaban J connectivity index is 1.92. The van der Waals surface area contributed by atoms with Crippen molar-refractivity contribution in [2.45, 2.75) is 37.9 Å². The van der Waals surface area contributed by atoms with E-state index in [9.17, 15) is 18.0 Å². The van der Waals surface area contributed by atoms with Crippen LogP contribution in [0.25, 0.3) is 0 Å². The molecule has 1 saturated heterocycles. The summed E-state index contributed by atoms with van der Waals surface area (Å²) in [6, 6.07) is 2.80. The van der Waals surface area contributed by atoms with Gasteiger partial charge in [-0.1, -0.05) is 6.92 Å². The first-order chi connectivity index (χ1) is 11.8. The van der Waals surface area contributed by atoms with Crippen LogP contribution in [0.15, 0.2) is 21.6 Å². The van der Waals surface area contributed by atoms with Crippen LogP contribution >= 0.6 is 0 Å². The van der Waals surface area contributed by atoms with Crippen LogP contribution in [0.1, 0.15) is 31.9 Å². The molecular weight excluding hydrogens is 348 g/mol. The summed E-state index contributed by atoms with van der Waals surface area (Å²) < 4.78 is 35.4. The van der Waals surface area contributed by atoms with Crippen LogP contribution in [0.4, 0.5) is 0 Å². The van der Waals surface area contributed by atoms with E-state index in [0.717, 1.165) is 10.7 Å². The Hall–Kier alpha value is -1.87. The third-order valence-electron chi connectivity index (χ3n) is 4.14. The van der Waals surface area contributed by atoms with Gasteiger partial charge in [0.1, 0.15) is 12.4 Å². The van der Waals surface area contributed by atoms with E-state index >= 15 is 0 Å². The fraction of sp³-hybridized carbons (Fsp3) is 0.625. The molecule has 0 saturated carbocycles. The van der Waals surface area contributed by atoms with E-state index in [-0.39, 0.29) is 29.3 Å². The van der Waals surface area contributed by atoms with Crippen LogP contribution in [0.5, 0.6) is 0 Å². The molecule has 0 aromatic carbocycles. The summed E-state index contributed by atoms with van der Waals surface area (Å²) in [4.78, 5) is 25.7. The molecule has 1 aliphatic heterocycles. The molecule has 0 spiro atoms. The van der Waals surface area contributed by atoms with Crippen molar-refractivity contribution in [3.8, 4) is 0 Å². The lowest BCUT2D eigenvalue weighted by molar-refractivity contribution is -0.153. The first kappa shape index (κ1) is 19.5. The summed E-state index contributed by atoms with van der Waals surface area (Å²) in [5.74, 6) is -0.473. The smallest absolute Gasteiger partial charge is 0.311 e. The average Bonchev–Trinajstić information content (AvgIpc) is 3.08. The fourth-order valence-electron chi connectivity index (χ4n) is 2.63. The Morgan fingerprint density at radius 1 is 1.36 bits per heavy atom. The molecule has 1 unspecified atom stereocenters. The van der Waals surface area contributed by atoms with Crippen LogP contribution in [0.2, 0.25) is 0 Å². The lowest BCUT2D eigenvalue weighted by Crippen LogP contribution is -2.42. The number of furan rings is 1. The third-order valence-corrected chi connectivity index (χ3v) is 5.83. The van der Waals surface area contributed by atoms with Gasteiger partial charge >= 0.3 is 5.97 Å². The van der Waals surface area contributed by atoms with E-state index in [4.69, 9.17) is 9.15 Å². The highest BCUT2D eigenvalue weighted by Gasteiger charge is 2.29. The molecule has 1 amide bonds. The van der Waals surface area contributed by atoms with Crippen molar-refractivity contribution >= 4 is 21.9 Å². The van der Waals surface area contributed by atoms with Crippen LogP contribution in [0.3, 0.4) is 0 Å². The zero-order valence-corrected chi connectivity index (χ0v) is 15.5. The van der Waals surface area contributed by atoms with Gasteiger partial charge in [-0.3, -0.25) is 9.59 Å². The summed E-state index contributed by atoms with van der Waals surface area (Å²) in [6.45, 7) is 2.69. The number of carbonyl (C=O) groups excluding carboxylic acids is 2. The Kier molecular flexibility index (Phi) is 6.23. The van der Waals surface area contributed by atoms with Gasteiger partial charge in [-0.25, -0.2) is 12.7 Å². The molecule has 1 aromatic heterocycles. The maximum atomic E-state index is 12.2. The van der Waals surface area contributed by atoms with Gasteiger partial charge < -0.3 is 14.1 Å². The van der Waals surface area contributed by atoms with Crippen LogP contribution < -0.4 is 0 Å². The SMILES string of the molecule is CCC(=O)N1CCCC(C(=O)OCc2ccc(S(=O)(=O)N(C)C)o2)C1. The van der Waals surface area contributed by atoms with Crippen molar-refractivity contribution in [2.75, 3.05) is 27.2 Å². The van der Waals surface area contributed by atoms with Crippen LogP contribution in [0, 0.1) is 5.92 Å². The summed E-state index contributed by atoms with van der Waals surface area (Å²) in [5, 5.41) is -0.194. The molecule has 140 valence electrons. The molecule has 8 nitrogen and oxygen atoms in total. The zero-order valence-electron chi connectivity index (χ0n) is 14.7. The molecule has 2 heterocycles. The van der Waals surface area contributed by atoms with E-state index in [0.29, 0.717) is 25.9 Å². The van der Waals surface area contributed by atoms with E-state index in [1.165, 1.54) is 26.2 Å². The molecule has 1 aromatic rings. The molecule has 0 radical (unpaired) electrons. The number of carbonyl (C=O) groups is 2. The molecular formula is C16H24N2O6S. The minimum absolute atomic E-state index is 0.0297. The van der Waals surface area contributed by atoms with Crippen molar-refractivity contribution in [1.29, 1.82) is 0 Å². The zero-order chi connectivity index (χ0) is 18.6. The van der Waals surface area contributed by atoms with Crippen molar-refractivity contribution in [3.05, 3.63) is 17.9 Å². The fourth-order valence-corrected chi connectivity index (χ4v) is 3.45. The van der Waals surface area contributed by atoms with Gasteiger partial charge in [0.25, 0.3) is 10.0 Å². The molecule has 2 rings (SSSR count). The monoisotopic (exact) mass is 372 g/mol. The second-order valence-corrected chi connectivity index (χ2v) is 8.23. The average molecular weight is 372 g/mol. The molecule has 1 atom stereocenters. The molecule has 0 N–H and O–H groups in total. The number of rotatable bonds is 6. The van der Waals surface area contributed by atoms with E-state index < -0.39 is 16.0 Å². The topological polar surface area (TPSA) is 97.1 Å². The van der Waals surface area contributed by atoms with Gasteiger partial charge in [0.2, 0.25) is 11.0 Å². The van der Waals surface area contributed by atoms with Crippen LogP contribution in [-0.4, -0.2) is 56.7 Å². The Labute approximate surface area is 147 Å². The molecule has 1 fully saturated rings. The van der Waals surface area contributed by atoms with Gasteiger partial charge in [0.15, 0.2) is 0 Å². The standard InChI is InChI=1S/C16H24N2O6S/c1-4-14(19)18-9-5-6-12(10-18)16(20)23-11-13-7-8-15(24-13)25(21,22)17(2)3/h7-8,12H,4-6,9-11H2,1-3H3. The van der Waals surface area contributed by atoms with Gasteiger partial charge in [-0.2, -0.15) is 0 Å². The quantitative estimate of drug-likeness (QED) is 0.697. The van der Waals surface area contributed by atoms with Crippen molar-refractivity contribution in [2.24, 2.45) is 5.92 Å². The Morgan fingerprint density at radius 3 is 2.72 bits per heavy atom. The molecule has 1 aliphatic rings. The molecule has 0 aliphatic carbocycles. The number of piperidine rings is 1. The lowest BCUT2D eigenvalue weighted by Gasteiger charge is -2.31. The number of hydrogen-bond donors (Lipinski definition) is 0. The van der Waals surface area contributed by atoms with Crippen LogP contribution in [-0.2, 0) is 31.0 Å². The predicted octanol–water partition coefficient (Wildman–Crippen LogP) is 1.22. The maximum Gasteiger partial charge on any atom is 0.311 e. The lowest BCUT2D eigenvalue weighted by atomic mass is 9.98. The minimum atomic E-state index is -3.65. The van der Waals surface area contributed by atoms with Crippen molar-refractivity contribution in [1.82, 2.24) is 9.21 Å². The van der Waals surface area contributed by atoms with E-state index in [1.807, 2.05) is 0 Å². The number of amides is 1. The number of esters is 1. The van der Waals surface area contributed by atoms with Crippen molar-refractivity contribution < 1.29 is 27.2 Å². The van der Waals surface area contributed by atoms with Gasteiger partial charge in [-0.05, 0) is 25.0 Å². The number of likely N-dealkylation sites (tertiary alicyclic amines) is 1. The highest BCUT2D eigenvalue weighted by molar-refractivity contribution is 7.88. The third kappa shape index (κ3) is 4.60. The maximum absolute atomic E-state index is 12.2. The largest absolute Gasteiger partial charge is 0.457 e. The number of ether oxygens (including phenoxy) is 1. The number of hydrogen-bond acceptors (Lipinski definition) is 6. The summed E-state index contributed by atoms with van der Waals surface area (Å²) in [6.07, 6.45) is 1.85. The Bertz CT molecular complexity index is 725. The predicted molar refractivity (Wildman–Crippen MR) is 89.0 cm³/mol. The molecule has 9 heteroatoms. The first-order valence-corrected chi connectivity index (χ1v) is 9.65. The van der Waals surface area contributed by atoms with Gasteiger partial charge in [0.05, 0.1) is 5.92 Å². The second-order valence-electron chi connectivity index (χ2n) is 6.15. The summed E-state index contributed by atoms with van der Waals surface area (Å²) in [7, 11) is -0.839. The number of sulfonamides is 1. The van der Waals surface area contributed by atoms with Gasteiger partial charge in [-0.15, -0.1) is 0 Å². The Morgan fingerprint density at radius 2 is 2.08 bits per heavy atom. The minimum Gasteiger partial charge on any atom is -0.457 e. The highest BCUT2D eigenvalue weighted by Crippen LogP contribution is 2.21. The van der Waals surface area contributed by atoms with Crippen molar-refractivity contribution in [3.63, 3.8) is 0 Å². The van der Waals surface area contributed by atoms with E-state index in [1.54, 1.807) is 11.8 Å². The summed E-state index contributed by atoms with van der Waals surface area (Å²) in [5.41, 5.74) is 0. The second kappa shape index (κ2) is 8.01. The van der Waals surface area contributed by atoms with E-state index in [2.05, 4.69) is 0 Å². The highest BCUT2D eigenvalue weighted by atomic mass is 32.2.